The van der Waals surface area contributed by atoms with Crippen LogP contribution in [-0.4, -0.2) is 31.3 Å². The quantitative estimate of drug-likeness (QED) is 0.708. The van der Waals surface area contributed by atoms with Crippen molar-refractivity contribution >= 4 is 16.0 Å². The van der Waals surface area contributed by atoms with Crippen molar-refractivity contribution in [1.82, 2.24) is 4.72 Å². The molecule has 0 aromatic carbocycles. The van der Waals surface area contributed by atoms with Gasteiger partial charge in [-0.15, -0.1) is 0 Å². The summed E-state index contributed by atoms with van der Waals surface area (Å²) in [6.45, 7) is 6.93. The van der Waals surface area contributed by atoms with Crippen LogP contribution in [0.15, 0.2) is 0 Å². The molecule has 0 rings (SSSR count). The summed E-state index contributed by atoms with van der Waals surface area (Å²) in [4.78, 5) is 10.7. The molecular weight excluding hydrogens is 230 g/mol. The Hall–Kier alpha value is -0.620. The molecular formula is C10H21NO4S. The molecule has 0 aliphatic heterocycles. The molecule has 0 amide bonds. The average molecular weight is 251 g/mol. The highest BCUT2D eigenvalue weighted by molar-refractivity contribution is 7.89. The van der Waals surface area contributed by atoms with Gasteiger partial charge in [-0.1, -0.05) is 20.8 Å². The Morgan fingerprint density at radius 3 is 2.12 bits per heavy atom. The van der Waals surface area contributed by atoms with Crippen LogP contribution in [-0.2, 0) is 14.8 Å². The number of hydrogen-bond acceptors (Lipinski definition) is 3. The van der Waals surface area contributed by atoms with Crippen molar-refractivity contribution in [3.63, 3.8) is 0 Å². The minimum Gasteiger partial charge on any atom is -0.481 e. The second-order valence-electron chi connectivity index (χ2n) is 4.53. The smallest absolute Gasteiger partial charge is 0.307 e. The van der Waals surface area contributed by atoms with E-state index in [1.165, 1.54) is 6.92 Å². The van der Waals surface area contributed by atoms with E-state index in [0.29, 0.717) is 12.3 Å². The van der Waals surface area contributed by atoms with Crippen LogP contribution >= 0.6 is 0 Å². The van der Waals surface area contributed by atoms with Gasteiger partial charge in [-0.2, -0.15) is 0 Å². The first-order valence-corrected chi connectivity index (χ1v) is 7.03. The third-order valence-corrected chi connectivity index (χ3v) is 3.97. The third-order valence-electron chi connectivity index (χ3n) is 2.47. The summed E-state index contributed by atoms with van der Waals surface area (Å²) in [5.41, 5.74) is 0. The average Bonchev–Trinajstić information content (AvgIpc) is 2.12. The van der Waals surface area contributed by atoms with Gasteiger partial charge in [-0.3, -0.25) is 4.79 Å². The van der Waals surface area contributed by atoms with Crippen molar-refractivity contribution in [3.05, 3.63) is 0 Å². The molecule has 0 heterocycles. The number of nitrogens with one attached hydrogen (secondary N) is 1. The zero-order valence-corrected chi connectivity index (χ0v) is 11.0. The van der Waals surface area contributed by atoms with Crippen LogP contribution < -0.4 is 4.72 Å². The third kappa shape index (κ3) is 6.07. The van der Waals surface area contributed by atoms with Gasteiger partial charge in [0.25, 0.3) is 0 Å². The largest absolute Gasteiger partial charge is 0.481 e. The maximum Gasteiger partial charge on any atom is 0.307 e. The molecule has 0 aromatic rings. The number of hydrogen-bond donors (Lipinski definition) is 2. The Morgan fingerprint density at radius 1 is 1.25 bits per heavy atom. The number of aliphatic carboxylic acids is 1. The van der Waals surface area contributed by atoms with Crippen molar-refractivity contribution in [2.75, 3.05) is 5.75 Å². The van der Waals surface area contributed by atoms with Crippen LogP contribution in [0.3, 0.4) is 0 Å². The summed E-state index contributed by atoms with van der Waals surface area (Å²) >= 11 is 0. The predicted molar refractivity (Wildman–Crippen MR) is 62.6 cm³/mol. The second-order valence-corrected chi connectivity index (χ2v) is 6.41. The van der Waals surface area contributed by atoms with Crippen LogP contribution in [0.25, 0.3) is 0 Å². The summed E-state index contributed by atoms with van der Waals surface area (Å²) in [7, 11) is -3.37. The second kappa shape index (κ2) is 6.20. The molecule has 0 spiro atoms. The van der Waals surface area contributed by atoms with Gasteiger partial charge >= 0.3 is 5.97 Å². The monoisotopic (exact) mass is 251 g/mol. The molecule has 2 N–H and O–H groups in total. The highest BCUT2D eigenvalue weighted by Gasteiger charge is 2.23. The van der Waals surface area contributed by atoms with Gasteiger partial charge < -0.3 is 5.11 Å². The van der Waals surface area contributed by atoms with Crippen molar-refractivity contribution in [1.29, 1.82) is 0 Å². The van der Waals surface area contributed by atoms with Crippen LogP contribution in [0.5, 0.6) is 0 Å². The number of sulfonamides is 1. The Morgan fingerprint density at radius 2 is 1.75 bits per heavy atom. The fraction of sp³-hybridized carbons (Fsp3) is 0.900. The Kier molecular flexibility index (Phi) is 5.96. The molecule has 6 heteroatoms. The van der Waals surface area contributed by atoms with Crippen LogP contribution in [0, 0.1) is 11.8 Å². The highest BCUT2D eigenvalue weighted by atomic mass is 32.2. The molecule has 0 aliphatic rings. The maximum atomic E-state index is 11.6. The van der Waals surface area contributed by atoms with E-state index in [2.05, 4.69) is 4.72 Å². The minimum atomic E-state index is -3.37. The number of carboxylic acid groups (broad SMARTS) is 1. The standard InChI is InChI=1S/C10H21NO4S/c1-7(2)5-6-16(14,15)11-9(4)8(3)10(12)13/h7-9,11H,5-6H2,1-4H3,(H,12,13). The first-order chi connectivity index (χ1) is 7.15. The lowest BCUT2D eigenvalue weighted by molar-refractivity contribution is -0.141. The Labute approximate surface area is 97.3 Å². The van der Waals surface area contributed by atoms with E-state index in [0.717, 1.165) is 0 Å². The van der Waals surface area contributed by atoms with Gasteiger partial charge in [0, 0.05) is 6.04 Å². The molecule has 96 valence electrons. The van der Waals surface area contributed by atoms with Gasteiger partial charge in [-0.25, -0.2) is 13.1 Å². The summed E-state index contributed by atoms with van der Waals surface area (Å²) in [6.07, 6.45) is 0.573. The lowest BCUT2D eigenvalue weighted by Crippen LogP contribution is -2.41. The van der Waals surface area contributed by atoms with Crippen LogP contribution in [0.4, 0.5) is 0 Å². The molecule has 0 saturated carbocycles. The fourth-order valence-corrected chi connectivity index (χ4v) is 2.72. The van der Waals surface area contributed by atoms with E-state index in [1.54, 1.807) is 6.92 Å². The molecule has 0 saturated heterocycles. The summed E-state index contributed by atoms with van der Waals surface area (Å²) < 4.78 is 25.5. The maximum absolute atomic E-state index is 11.6. The summed E-state index contributed by atoms with van der Waals surface area (Å²) in [6, 6.07) is -0.588. The topological polar surface area (TPSA) is 83.5 Å². The molecule has 0 bridgehead atoms. The van der Waals surface area contributed by atoms with E-state index in [-0.39, 0.29) is 5.75 Å². The van der Waals surface area contributed by atoms with E-state index < -0.39 is 28.0 Å². The predicted octanol–water partition coefficient (Wildman–Crippen LogP) is 1.06. The number of rotatable bonds is 7. The lowest BCUT2D eigenvalue weighted by atomic mass is 10.1. The normalized spacial score (nSPS) is 16.1. The highest BCUT2D eigenvalue weighted by Crippen LogP contribution is 2.07. The van der Waals surface area contributed by atoms with E-state index in [4.69, 9.17) is 5.11 Å². The van der Waals surface area contributed by atoms with Crippen LogP contribution in [0.1, 0.15) is 34.1 Å². The molecule has 0 aliphatic carbocycles. The van der Waals surface area contributed by atoms with Crippen molar-refractivity contribution in [3.8, 4) is 0 Å². The first-order valence-electron chi connectivity index (χ1n) is 5.38. The SMILES string of the molecule is CC(C)CCS(=O)(=O)NC(C)C(C)C(=O)O. The van der Waals surface area contributed by atoms with E-state index in [1.807, 2.05) is 13.8 Å². The summed E-state index contributed by atoms with van der Waals surface area (Å²) in [5, 5.41) is 8.73. The fourth-order valence-electron chi connectivity index (χ4n) is 1.05. The molecule has 16 heavy (non-hydrogen) atoms. The van der Waals surface area contributed by atoms with Gasteiger partial charge in [0.2, 0.25) is 10.0 Å². The number of carboxylic acids is 1. The Balaban J connectivity index is 4.31. The molecule has 5 nitrogen and oxygen atoms in total. The van der Waals surface area contributed by atoms with Gasteiger partial charge in [0.15, 0.2) is 0 Å². The van der Waals surface area contributed by atoms with Crippen molar-refractivity contribution < 1.29 is 18.3 Å². The molecule has 0 radical (unpaired) electrons. The van der Waals surface area contributed by atoms with E-state index >= 15 is 0 Å². The molecule has 2 unspecified atom stereocenters. The zero-order valence-electron chi connectivity index (χ0n) is 10.2. The molecule has 0 aromatic heterocycles. The van der Waals surface area contributed by atoms with Gasteiger partial charge in [0.1, 0.15) is 0 Å². The molecule has 0 fully saturated rings. The first kappa shape index (κ1) is 15.4. The minimum absolute atomic E-state index is 0.0430. The van der Waals surface area contributed by atoms with Crippen LogP contribution in [0.2, 0.25) is 0 Å². The number of carbonyl (C=O) groups is 1. The van der Waals surface area contributed by atoms with Gasteiger partial charge in [-0.05, 0) is 19.3 Å². The van der Waals surface area contributed by atoms with E-state index in [9.17, 15) is 13.2 Å². The molecule has 2 atom stereocenters. The Bertz CT molecular complexity index is 324. The van der Waals surface area contributed by atoms with Gasteiger partial charge in [0.05, 0.1) is 11.7 Å². The lowest BCUT2D eigenvalue weighted by Gasteiger charge is -2.18. The zero-order chi connectivity index (χ0) is 12.9. The van der Waals surface area contributed by atoms with Crippen molar-refractivity contribution in [2.24, 2.45) is 11.8 Å². The summed E-state index contributed by atoms with van der Waals surface area (Å²) in [5.74, 6) is -1.38. The van der Waals surface area contributed by atoms with Crippen molar-refractivity contribution in [2.45, 2.75) is 40.2 Å².